The molecule has 2 rings (SSSR count). The number of hydrogen-bond acceptors (Lipinski definition) is 5. The summed E-state index contributed by atoms with van der Waals surface area (Å²) < 4.78 is 27.2. The lowest BCUT2D eigenvalue weighted by Crippen LogP contribution is -2.45. The van der Waals surface area contributed by atoms with Gasteiger partial charge in [-0.3, -0.25) is 0 Å². The Morgan fingerprint density at radius 1 is 1.40 bits per heavy atom. The fraction of sp³-hybridized carbons (Fsp3) is 0.583. The van der Waals surface area contributed by atoms with Crippen molar-refractivity contribution in [1.82, 2.24) is 4.72 Å². The number of carboxylic acid groups (broad SMARTS) is 1. The standard InChI is InChI=1S/C12H17NO5S2/c1-7-6-19-10(12(15)16)11(7)20(17,18)13-8-4-2-3-5-9(8)14/h6,8-9,13-14H,2-5H2,1H3,(H,15,16)/t8-,9-/m0/s1. The maximum atomic E-state index is 12.4. The highest BCUT2D eigenvalue weighted by molar-refractivity contribution is 7.89. The van der Waals surface area contributed by atoms with E-state index in [1.54, 1.807) is 6.92 Å². The average Bonchev–Trinajstić information content (AvgIpc) is 2.75. The first kappa shape index (κ1) is 15.4. The zero-order valence-corrected chi connectivity index (χ0v) is 12.6. The van der Waals surface area contributed by atoms with E-state index in [1.807, 2.05) is 0 Å². The van der Waals surface area contributed by atoms with Crippen LogP contribution in [-0.2, 0) is 10.0 Å². The smallest absolute Gasteiger partial charge is 0.347 e. The Kier molecular flexibility index (Phi) is 4.48. The lowest BCUT2D eigenvalue weighted by Gasteiger charge is -2.28. The maximum absolute atomic E-state index is 12.4. The molecule has 3 N–H and O–H groups in total. The third-order valence-electron chi connectivity index (χ3n) is 3.42. The van der Waals surface area contributed by atoms with E-state index in [2.05, 4.69) is 4.72 Å². The van der Waals surface area contributed by atoms with E-state index in [0.29, 0.717) is 18.4 Å². The molecule has 20 heavy (non-hydrogen) atoms. The van der Waals surface area contributed by atoms with Crippen molar-refractivity contribution in [1.29, 1.82) is 0 Å². The number of aliphatic hydroxyl groups excluding tert-OH is 1. The first-order valence-electron chi connectivity index (χ1n) is 6.34. The minimum absolute atomic E-state index is 0.187. The van der Waals surface area contributed by atoms with Crippen LogP contribution in [0.1, 0.15) is 40.9 Å². The van der Waals surface area contributed by atoms with Crippen LogP contribution in [-0.4, -0.2) is 36.7 Å². The van der Waals surface area contributed by atoms with Gasteiger partial charge in [0.15, 0.2) is 0 Å². The first-order chi connectivity index (χ1) is 9.33. The summed E-state index contributed by atoms with van der Waals surface area (Å²) >= 11 is 0.893. The molecule has 0 saturated heterocycles. The molecule has 1 heterocycles. The third-order valence-corrected chi connectivity index (χ3v) is 6.31. The van der Waals surface area contributed by atoms with Gasteiger partial charge in [-0.2, -0.15) is 0 Å². The highest BCUT2D eigenvalue weighted by Crippen LogP contribution is 2.28. The van der Waals surface area contributed by atoms with Crippen molar-refractivity contribution in [3.8, 4) is 0 Å². The van der Waals surface area contributed by atoms with Gasteiger partial charge in [0.25, 0.3) is 0 Å². The minimum Gasteiger partial charge on any atom is -0.477 e. The van der Waals surface area contributed by atoms with Crippen LogP contribution >= 0.6 is 11.3 Å². The summed E-state index contributed by atoms with van der Waals surface area (Å²) in [7, 11) is -3.94. The average molecular weight is 319 g/mol. The molecule has 1 aliphatic carbocycles. The van der Waals surface area contributed by atoms with E-state index in [-0.39, 0.29) is 9.77 Å². The maximum Gasteiger partial charge on any atom is 0.347 e. The number of carboxylic acids is 1. The van der Waals surface area contributed by atoms with Gasteiger partial charge >= 0.3 is 5.97 Å². The molecular formula is C12H17NO5S2. The number of carbonyl (C=O) groups is 1. The van der Waals surface area contributed by atoms with Gasteiger partial charge in [0, 0.05) is 6.04 Å². The molecule has 1 aliphatic rings. The molecule has 1 saturated carbocycles. The molecule has 1 aromatic heterocycles. The zero-order valence-electron chi connectivity index (χ0n) is 11.0. The summed E-state index contributed by atoms with van der Waals surface area (Å²) in [6, 6.07) is -0.547. The van der Waals surface area contributed by atoms with Crippen LogP contribution in [0.3, 0.4) is 0 Å². The molecule has 6 nitrogen and oxygen atoms in total. The summed E-state index contributed by atoms with van der Waals surface area (Å²) in [5.74, 6) is -1.26. The number of aliphatic hydroxyl groups is 1. The van der Waals surface area contributed by atoms with Crippen molar-refractivity contribution in [2.45, 2.75) is 49.6 Å². The topological polar surface area (TPSA) is 104 Å². The molecule has 0 amide bonds. The molecule has 0 aromatic carbocycles. The fourth-order valence-corrected chi connectivity index (χ4v) is 5.36. The quantitative estimate of drug-likeness (QED) is 0.777. The van der Waals surface area contributed by atoms with E-state index >= 15 is 0 Å². The summed E-state index contributed by atoms with van der Waals surface area (Å²) in [6.07, 6.45) is 2.12. The normalized spacial score (nSPS) is 23.7. The number of aromatic carboxylic acids is 1. The third kappa shape index (κ3) is 3.03. The number of thiophene rings is 1. The molecule has 0 bridgehead atoms. The van der Waals surface area contributed by atoms with Crippen molar-refractivity contribution in [2.75, 3.05) is 0 Å². The molecule has 0 aliphatic heterocycles. The van der Waals surface area contributed by atoms with Gasteiger partial charge in [0.05, 0.1) is 6.10 Å². The van der Waals surface area contributed by atoms with Crippen molar-refractivity contribution < 1.29 is 23.4 Å². The molecule has 2 atom stereocenters. The van der Waals surface area contributed by atoms with Crippen LogP contribution < -0.4 is 4.72 Å². The van der Waals surface area contributed by atoms with Crippen LogP contribution in [0.5, 0.6) is 0 Å². The lowest BCUT2D eigenvalue weighted by atomic mass is 9.93. The van der Waals surface area contributed by atoms with E-state index < -0.39 is 28.1 Å². The molecule has 0 spiro atoms. The van der Waals surface area contributed by atoms with E-state index in [1.165, 1.54) is 5.38 Å². The van der Waals surface area contributed by atoms with Crippen LogP contribution in [0.25, 0.3) is 0 Å². The van der Waals surface area contributed by atoms with E-state index in [4.69, 9.17) is 5.11 Å². The van der Waals surface area contributed by atoms with E-state index in [9.17, 15) is 18.3 Å². The predicted octanol–water partition coefficient (Wildman–Crippen LogP) is 1.34. The van der Waals surface area contributed by atoms with Crippen LogP contribution in [0.15, 0.2) is 10.3 Å². The van der Waals surface area contributed by atoms with Gasteiger partial charge in [0.1, 0.15) is 9.77 Å². The largest absolute Gasteiger partial charge is 0.477 e. The first-order valence-corrected chi connectivity index (χ1v) is 8.71. The Morgan fingerprint density at radius 3 is 2.65 bits per heavy atom. The summed E-state index contributed by atoms with van der Waals surface area (Å²) in [4.78, 5) is 10.7. The van der Waals surface area contributed by atoms with Crippen molar-refractivity contribution in [2.24, 2.45) is 0 Å². The predicted molar refractivity (Wildman–Crippen MR) is 74.6 cm³/mol. The highest BCUT2D eigenvalue weighted by atomic mass is 32.2. The lowest BCUT2D eigenvalue weighted by molar-refractivity contribution is 0.0698. The van der Waals surface area contributed by atoms with Crippen molar-refractivity contribution >= 4 is 27.3 Å². The molecule has 112 valence electrons. The Bertz CT molecular complexity index is 607. The number of aryl methyl sites for hydroxylation is 1. The van der Waals surface area contributed by atoms with Crippen LogP contribution in [0.2, 0.25) is 0 Å². The van der Waals surface area contributed by atoms with Crippen LogP contribution in [0, 0.1) is 6.92 Å². The molecule has 1 fully saturated rings. The molecule has 1 aromatic rings. The number of sulfonamides is 1. The summed E-state index contributed by atoms with van der Waals surface area (Å²) in [5.41, 5.74) is 0.408. The molecule has 0 radical (unpaired) electrons. The molecule has 8 heteroatoms. The van der Waals surface area contributed by atoms with Gasteiger partial charge in [-0.1, -0.05) is 12.8 Å². The van der Waals surface area contributed by atoms with Gasteiger partial charge in [0.2, 0.25) is 10.0 Å². The van der Waals surface area contributed by atoms with Gasteiger partial charge in [-0.25, -0.2) is 17.9 Å². The van der Waals surface area contributed by atoms with Gasteiger partial charge < -0.3 is 10.2 Å². The molecular weight excluding hydrogens is 302 g/mol. The Morgan fingerprint density at radius 2 is 2.05 bits per heavy atom. The fourth-order valence-electron chi connectivity index (χ4n) is 2.42. The highest BCUT2D eigenvalue weighted by Gasteiger charge is 2.32. The monoisotopic (exact) mass is 319 g/mol. The Hall–Kier alpha value is -0.960. The second-order valence-corrected chi connectivity index (χ2v) is 7.49. The zero-order chi connectivity index (χ0) is 14.9. The Labute approximate surface area is 121 Å². The minimum atomic E-state index is -3.94. The number of rotatable bonds is 4. The SMILES string of the molecule is Cc1csc(C(=O)O)c1S(=O)(=O)N[C@H]1CCCC[C@@H]1O. The molecule has 0 unspecified atom stereocenters. The second kappa shape index (κ2) is 5.80. The summed E-state index contributed by atoms with van der Waals surface area (Å²) in [6.45, 7) is 1.56. The van der Waals surface area contributed by atoms with Crippen LogP contribution in [0.4, 0.5) is 0 Å². The van der Waals surface area contributed by atoms with Crippen molar-refractivity contribution in [3.05, 3.63) is 15.8 Å². The number of nitrogens with one attached hydrogen (secondary N) is 1. The second-order valence-electron chi connectivity index (χ2n) is 4.96. The van der Waals surface area contributed by atoms with Gasteiger partial charge in [-0.05, 0) is 30.7 Å². The summed E-state index contributed by atoms with van der Waals surface area (Å²) in [5, 5.41) is 20.4. The van der Waals surface area contributed by atoms with Gasteiger partial charge in [-0.15, -0.1) is 11.3 Å². The van der Waals surface area contributed by atoms with E-state index in [0.717, 1.165) is 24.2 Å². The van der Waals surface area contributed by atoms with Crippen molar-refractivity contribution in [3.63, 3.8) is 0 Å². The number of hydrogen-bond donors (Lipinski definition) is 3. The Balaban J connectivity index is 2.31.